The van der Waals surface area contributed by atoms with Crippen molar-refractivity contribution < 1.29 is 9.18 Å². The summed E-state index contributed by atoms with van der Waals surface area (Å²) in [5.74, 6) is -1.07. The number of amides is 1. The Hall–Kier alpha value is -2.70. The molecule has 1 N–H and O–H groups in total. The van der Waals surface area contributed by atoms with Crippen molar-refractivity contribution in [3.05, 3.63) is 97.9 Å². The van der Waals surface area contributed by atoms with Crippen LogP contribution in [0, 0.1) is 5.82 Å². The fraction of sp³-hybridized carbons (Fsp3) is 0.105. The average molecular weight is 406 g/mol. The summed E-state index contributed by atoms with van der Waals surface area (Å²) in [4.78, 5) is 28.3. The number of benzene rings is 1. The minimum absolute atomic E-state index is 0.0362. The van der Waals surface area contributed by atoms with Crippen LogP contribution in [0.15, 0.2) is 59.7 Å². The molecule has 0 bridgehead atoms. The Bertz CT molecular complexity index is 1070. The first kappa shape index (κ1) is 19.1. The maximum Gasteiger partial charge on any atom is 0.253 e. The normalized spacial score (nSPS) is 11.9. The Morgan fingerprint density at radius 3 is 2.63 bits per heavy atom. The van der Waals surface area contributed by atoms with Crippen LogP contribution in [-0.4, -0.2) is 15.5 Å². The van der Waals surface area contributed by atoms with Crippen molar-refractivity contribution in [3.63, 3.8) is 0 Å². The van der Waals surface area contributed by atoms with E-state index in [4.69, 9.17) is 23.2 Å². The van der Waals surface area contributed by atoms with Gasteiger partial charge >= 0.3 is 0 Å². The van der Waals surface area contributed by atoms with Gasteiger partial charge in [0.25, 0.3) is 5.91 Å². The fourth-order valence-corrected chi connectivity index (χ4v) is 2.86. The zero-order valence-corrected chi connectivity index (χ0v) is 15.6. The van der Waals surface area contributed by atoms with Crippen LogP contribution in [0.25, 0.3) is 0 Å². The van der Waals surface area contributed by atoms with Gasteiger partial charge < -0.3 is 9.88 Å². The predicted molar refractivity (Wildman–Crippen MR) is 102 cm³/mol. The van der Waals surface area contributed by atoms with E-state index in [1.807, 2.05) is 0 Å². The van der Waals surface area contributed by atoms with Gasteiger partial charge in [-0.25, -0.2) is 4.39 Å². The molecule has 0 radical (unpaired) electrons. The predicted octanol–water partition coefficient (Wildman–Crippen LogP) is 3.75. The molecule has 0 spiro atoms. The number of carbonyl (C=O) groups excluding carboxylic acids is 1. The summed E-state index contributed by atoms with van der Waals surface area (Å²) in [5.41, 5.74) is 0.552. The van der Waals surface area contributed by atoms with Gasteiger partial charge in [-0.05, 0) is 35.9 Å². The molecule has 0 saturated heterocycles. The van der Waals surface area contributed by atoms with E-state index in [9.17, 15) is 14.0 Å². The van der Waals surface area contributed by atoms with Crippen LogP contribution in [0.2, 0.25) is 10.0 Å². The standard InChI is InChI=1S/C19H14Cl2FN3O2/c1-25-10-12(5-7-16(25)26)19(27)24-17(18-15(22)3-2-8-23-18)11-4-6-13(20)14(21)9-11/h2-10,17H,1H3,(H,24,27)/t17-/m0/s1. The summed E-state index contributed by atoms with van der Waals surface area (Å²) in [6.07, 6.45) is 2.83. The zero-order valence-electron chi connectivity index (χ0n) is 14.1. The van der Waals surface area contributed by atoms with E-state index in [1.54, 1.807) is 18.2 Å². The Labute approximate surface area is 164 Å². The largest absolute Gasteiger partial charge is 0.339 e. The number of rotatable bonds is 4. The van der Waals surface area contributed by atoms with E-state index in [0.29, 0.717) is 10.6 Å². The smallest absolute Gasteiger partial charge is 0.253 e. The third kappa shape index (κ3) is 4.18. The summed E-state index contributed by atoms with van der Waals surface area (Å²) in [7, 11) is 1.54. The molecule has 1 atom stereocenters. The lowest BCUT2D eigenvalue weighted by molar-refractivity contribution is 0.0941. The molecule has 0 saturated carbocycles. The zero-order chi connectivity index (χ0) is 19.6. The molecule has 138 valence electrons. The molecule has 0 fully saturated rings. The summed E-state index contributed by atoms with van der Waals surface area (Å²) in [5, 5.41) is 3.35. The Balaban J connectivity index is 2.03. The van der Waals surface area contributed by atoms with Crippen LogP contribution < -0.4 is 10.9 Å². The van der Waals surface area contributed by atoms with Gasteiger partial charge in [-0.15, -0.1) is 0 Å². The number of aryl methyl sites for hydroxylation is 1. The van der Waals surface area contributed by atoms with Gasteiger partial charge in [-0.3, -0.25) is 14.6 Å². The molecule has 0 aliphatic rings. The Morgan fingerprint density at radius 1 is 1.19 bits per heavy atom. The second-order valence-electron chi connectivity index (χ2n) is 5.82. The first-order valence-electron chi connectivity index (χ1n) is 7.89. The lowest BCUT2D eigenvalue weighted by Gasteiger charge is -2.20. The maximum atomic E-state index is 14.4. The topological polar surface area (TPSA) is 64.0 Å². The quantitative estimate of drug-likeness (QED) is 0.718. The highest BCUT2D eigenvalue weighted by Gasteiger charge is 2.23. The van der Waals surface area contributed by atoms with Crippen molar-refractivity contribution >= 4 is 29.1 Å². The molecule has 5 nitrogen and oxygen atoms in total. The van der Waals surface area contributed by atoms with Crippen molar-refractivity contribution in [1.82, 2.24) is 14.9 Å². The number of hydrogen-bond acceptors (Lipinski definition) is 3. The van der Waals surface area contributed by atoms with Crippen molar-refractivity contribution in [1.29, 1.82) is 0 Å². The van der Waals surface area contributed by atoms with Crippen molar-refractivity contribution in [2.45, 2.75) is 6.04 Å². The van der Waals surface area contributed by atoms with Gasteiger partial charge in [0.2, 0.25) is 5.56 Å². The van der Waals surface area contributed by atoms with Crippen LogP contribution in [0.5, 0.6) is 0 Å². The summed E-state index contributed by atoms with van der Waals surface area (Å²) in [6.45, 7) is 0. The molecular weight excluding hydrogens is 392 g/mol. The summed E-state index contributed by atoms with van der Waals surface area (Å²) >= 11 is 12.0. The number of carbonyl (C=O) groups is 1. The Kier molecular flexibility index (Phi) is 5.58. The summed E-state index contributed by atoms with van der Waals surface area (Å²) in [6, 6.07) is 9.24. The third-order valence-corrected chi connectivity index (χ3v) is 4.70. The number of pyridine rings is 2. The Morgan fingerprint density at radius 2 is 1.96 bits per heavy atom. The van der Waals surface area contributed by atoms with Gasteiger partial charge in [0.05, 0.1) is 21.7 Å². The third-order valence-electron chi connectivity index (χ3n) is 3.96. The molecule has 1 amide bonds. The molecule has 27 heavy (non-hydrogen) atoms. The first-order chi connectivity index (χ1) is 12.9. The molecule has 2 heterocycles. The van der Waals surface area contributed by atoms with E-state index in [1.165, 1.54) is 48.3 Å². The molecule has 0 aliphatic carbocycles. The average Bonchev–Trinajstić information content (AvgIpc) is 2.65. The van der Waals surface area contributed by atoms with Gasteiger partial charge in [0.1, 0.15) is 11.5 Å². The van der Waals surface area contributed by atoms with Gasteiger partial charge in [0, 0.05) is 25.5 Å². The number of nitrogens with one attached hydrogen (secondary N) is 1. The van der Waals surface area contributed by atoms with E-state index in [-0.39, 0.29) is 21.8 Å². The van der Waals surface area contributed by atoms with Crippen LogP contribution in [0.4, 0.5) is 4.39 Å². The molecule has 1 aromatic carbocycles. The molecular formula is C19H14Cl2FN3O2. The van der Waals surface area contributed by atoms with Crippen molar-refractivity contribution in [2.75, 3.05) is 0 Å². The number of aromatic nitrogens is 2. The first-order valence-corrected chi connectivity index (χ1v) is 8.65. The van der Waals surface area contributed by atoms with Gasteiger partial charge in [-0.2, -0.15) is 0 Å². The number of halogens is 3. The molecule has 8 heteroatoms. The minimum Gasteiger partial charge on any atom is -0.339 e. The highest BCUT2D eigenvalue weighted by molar-refractivity contribution is 6.42. The molecule has 0 aliphatic heterocycles. The monoisotopic (exact) mass is 405 g/mol. The highest BCUT2D eigenvalue weighted by atomic mass is 35.5. The van der Waals surface area contributed by atoms with Crippen molar-refractivity contribution in [3.8, 4) is 0 Å². The van der Waals surface area contributed by atoms with Crippen LogP contribution in [0.1, 0.15) is 27.7 Å². The second-order valence-corrected chi connectivity index (χ2v) is 6.63. The van der Waals surface area contributed by atoms with Crippen LogP contribution >= 0.6 is 23.2 Å². The maximum absolute atomic E-state index is 14.4. The minimum atomic E-state index is -0.897. The lowest BCUT2D eigenvalue weighted by atomic mass is 10.0. The molecule has 3 rings (SSSR count). The SMILES string of the molecule is Cn1cc(C(=O)N[C@@H](c2ccc(Cl)c(Cl)c2)c2ncccc2F)ccc1=O. The van der Waals surface area contributed by atoms with Crippen LogP contribution in [-0.2, 0) is 7.05 Å². The van der Waals surface area contributed by atoms with Gasteiger partial charge in [-0.1, -0.05) is 29.3 Å². The molecule has 0 unspecified atom stereocenters. The molecule has 2 aromatic heterocycles. The van der Waals surface area contributed by atoms with Gasteiger partial charge in [0.15, 0.2) is 0 Å². The fourth-order valence-electron chi connectivity index (χ4n) is 2.55. The molecule has 3 aromatic rings. The van der Waals surface area contributed by atoms with E-state index >= 15 is 0 Å². The summed E-state index contributed by atoms with van der Waals surface area (Å²) < 4.78 is 15.6. The van der Waals surface area contributed by atoms with E-state index < -0.39 is 17.8 Å². The number of nitrogens with zero attached hydrogens (tertiary/aromatic N) is 2. The second kappa shape index (κ2) is 7.90. The van der Waals surface area contributed by atoms with E-state index in [2.05, 4.69) is 10.3 Å². The van der Waals surface area contributed by atoms with E-state index in [0.717, 1.165) is 0 Å². The lowest BCUT2D eigenvalue weighted by Crippen LogP contribution is -2.31. The number of hydrogen-bond donors (Lipinski definition) is 1. The van der Waals surface area contributed by atoms with Crippen LogP contribution in [0.3, 0.4) is 0 Å². The van der Waals surface area contributed by atoms with Crippen molar-refractivity contribution in [2.24, 2.45) is 7.05 Å². The highest BCUT2D eigenvalue weighted by Crippen LogP contribution is 2.29.